The molecule has 0 radical (unpaired) electrons. The lowest BCUT2D eigenvalue weighted by Gasteiger charge is -2.55. The molecular formula is C24H42. The van der Waals surface area contributed by atoms with Crippen molar-refractivity contribution in [3.05, 3.63) is 0 Å². The summed E-state index contributed by atoms with van der Waals surface area (Å²) in [5.74, 6) is 6.85. The summed E-state index contributed by atoms with van der Waals surface area (Å²) in [6, 6.07) is 0. The smallest absolute Gasteiger partial charge is 0.0235 e. The quantitative estimate of drug-likeness (QED) is 0.441. The number of fused-ring (bicyclic) bond motifs is 5. The summed E-state index contributed by atoms with van der Waals surface area (Å²) in [5.41, 5.74) is 1.77. The number of hydrogen-bond acceptors (Lipinski definition) is 0. The van der Waals surface area contributed by atoms with Gasteiger partial charge in [0.05, 0.1) is 0 Å². The van der Waals surface area contributed by atoms with Crippen molar-refractivity contribution >= 4 is 0 Å². The van der Waals surface area contributed by atoms with Crippen LogP contribution in [0.25, 0.3) is 0 Å². The Morgan fingerprint density at radius 1 is 0.792 bits per heavy atom. The van der Waals surface area contributed by atoms with E-state index >= 15 is 0 Å². The summed E-state index contributed by atoms with van der Waals surface area (Å²) < 4.78 is 0. The van der Waals surface area contributed by atoms with Crippen molar-refractivity contribution in [3.63, 3.8) is 0 Å². The van der Waals surface area contributed by atoms with E-state index in [1.54, 1.807) is 12.8 Å². The third-order valence-corrected chi connectivity index (χ3v) is 10.9. The van der Waals surface area contributed by atoms with E-state index in [2.05, 4.69) is 48.5 Å². The van der Waals surface area contributed by atoms with Gasteiger partial charge < -0.3 is 0 Å². The molecule has 0 heterocycles. The van der Waals surface area contributed by atoms with Crippen LogP contribution in [0.1, 0.15) is 93.4 Å². The second-order valence-corrected chi connectivity index (χ2v) is 11.9. The highest BCUT2D eigenvalue weighted by molar-refractivity contribution is 5.15. The number of hydrogen-bond donors (Lipinski definition) is 0. The van der Waals surface area contributed by atoms with Crippen molar-refractivity contribution < 1.29 is 0 Å². The molecular weight excluding hydrogens is 288 g/mol. The summed E-state index contributed by atoms with van der Waals surface area (Å²) in [7, 11) is 0. The van der Waals surface area contributed by atoms with Gasteiger partial charge in [-0.2, -0.15) is 0 Å². The van der Waals surface area contributed by atoms with E-state index in [4.69, 9.17) is 0 Å². The zero-order valence-corrected chi connectivity index (χ0v) is 17.5. The van der Waals surface area contributed by atoms with Gasteiger partial charge in [0.25, 0.3) is 0 Å². The van der Waals surface area contributed by atoms with E-state index in [1.807, 2.05) is 0 Å². The highest BCUT2D eigenvalue weighted by Crippen LogP contribution is 2.73. The van der Waals surface area contributed by atoms with Crippen molar-refractivity contribution in [1.82, 2.24) is 0 Å². The highest BCUT2D eigenvalue weighted by atomic mass is 14.7. The largest absolute Gasteiger partial charge is 0.0625 e. The fourth-order valence-electron chi connectivity index (χ4n) is 8.99. The Kier molecular flexibility index (Phi) is 3.82. The SMILES string of the molecule is CC1C2C(CCC3C[C@@H](C)CC[C@@]32C)C2CCC(C)(C)C(C)C12C. The van der Waals surface area contributed by atoms with E-state index in [9.17, 15) is 0 Å². The van der Waals surface area contributed by atoms with Crippen molar-refractivity contribution in [2.75, 3.05) is 0 Å². The molecule has 0 aromatic carbocycles. The van der Waals surface area contributed by atoms with Crippen molar-refractivity contribution in [1.29, 1.82) is 0 Å². The standard InChI is InChI=1S/C24H42/c1-15-10-13-23(6)18(14-15)8-9-19-20-11-12-22(4,5)17(3)24(20,7)16(2)21(19)23/h15-21H,8-14H2,1-7H3/t15-,16?,17?,18?,19?,20?,21?,23-,24?/m0/s1. The molecule has 0 saturated heterocycles. The van der Waals surface area contributed by atoms with Gasteiger partial charge in [0, 0.05) is 0 Å². The molecule has 4 aliphatic rings. The van der Waals surface area contributed by atoms with Crippen LogP contribution < -0.4 is 0 Å². The monoisotopic (exact) mass is 330 g/mol. The van der Waals surface area contributed by atoms with Gasteiger partial charge >= 0.3 is 0 Å². The highest BCUT2D eigenvalue weighted by Gasteiger charge is 2.67. The first-order valence-electron chi connectivity index (χ1n) is 11.1. The van der Waals surface area contributed by atoms with Gasteiger partial charge in [0.1, 0.15) is 0 Å². The molecule has 0 aromatic heterocycles. The second-order valence-electron chi connectivity index (χ2n) is 11.9. The summed E-state index contributed by atoms with van der Waals surface area (Å²) in [6.07, 6.45) is 10.6. The molecule has 4 rings (SSSR count). The van der Waals surface area contributed by atoms with Crippen LogP contribution in [0.4, 0.5) is 0 Å². The lowest BCUT2D eigenvalue weighted by Crippen LogP contribution is -2.48. The van der Waals surface area contributed by atoms with Crippen LogP contribution in [-0.4, -0.2) is 0 Å². The first kappa shape index (κ1) is 17.4. The van der Waals surface area contributed by atoms with Crippen LogP contribution in [0, 0.1) is 57.7 Å². The molecule has 0 aliphatic heterocycles. The second kappa shape index (κ2) is 5.26. The Hall–Kier alpha value is 0. The molecule has 7 unspecified atom stereocenters. The maximum Gasteiger partial charge on any atom is -0.0235 e. The van der Waals surface area contributed by atoms with E-state index in [0.29, 0.717) is 16.2 Å². The molecule has 24 heavy (non-hydrogen) atoms. The average molecular weight is 331 g/mol. The summed E-state index contributed by atoms with van der Waals surface area (Å²) >= 11 is 0. The maximum absolute atomic E-state index is 2.73. The number of rotatable bonds is 0. The summed E-state index contributed by atoms with van der Waals surface area (Å²) in [4.78, 5) is 0. The lowest BCUT2D eigenvalue weighted by molar-refractivity contribution is -0.0644. The molecule has 0 aromatic rings. The molecule has 0 heteroatoms. The molecule has 4 fully saturated rings. The molecule has 4 saturated carbocycles. The molecule has 0 bridgehead atoms. The van der Waals surface area contributed by atoms with Gasteiger partial charge in [-0.1, -0.05) is 54.9 Å². The summed E-state index contributed by atoms with van der Waals surface area (Å²) in [6.45, 7) is 18.4. The Balaban J connectivity index is 1.73. The molecule has 0 amide bonds. The minimum absolute atomic E-state index is 0.536. The topological polar surface area (TPSA) is 0 Å². The fraction of sp³-hybridized carbons (Fsp3) is 1.00. The van der Waals surface area contributed by atoms with Gasteiger partial charge in [-0.05, 0) is 96.2 Å². The Bertz CT molecular complexity index is 504. The molecule has 9 atom stereocenters. The van der Waals surface area contributed by atoms with Gasteiger partial charge in [0.15, 0.2) is 0 Å². The van der Waals surface area contributed by atoms with Gasteiger partial charge in [-0.3, -0.25) is 0 Å². The maximum atomic E-state index is 2.73. The minimum atomic E-state index is 0.536. The van der Waals surface area contributed by atoms with E-state index in [1.165, 1.54) is 32.1 Å². The van der Waals surface area contributed by atoms with E-state index < -0.39 is 0 Å². The Labute approximate surface area is 151 Å². The van der Waals surface area contributed by atoms with Gasteiger partial charge in [-0.25, -0.2) is 0 Å². The zero-order valence-electron chi connectivity index (χ0n) is 17.5. The normalized spacial score (nSPS) is 59.4. The van der Waals surface area contributed by atoms with Crippen molar-refractivity contribution in [3.8, 4) is 0 Å². The summed E-state index contributed by atoms with van der Waals surface area (Å²) in [5, 5.41) is 0. The predicted octanol–water partition coefficient (Wildman–Crippen LogP) is 7.18. The van der Waals surface area contributed by atoms with Crippen LogP contribution in [0.15, 0.2) is 0 Å². The molecule has 0 spiro atoms. The molecule has 0 N–H and O–H groups in total. The Morgan fingerprint density at radius 3 is 2.21 bits per heavy atom. The zero-order chi connectivity index (χ0) is 17.5. The minimum Gasteiger partial charge on any atom is -0.0625 e. The van der Waals surface area contributed by atoms with Crippen LogP contribution >= 0.6 is 0 Å². The predicted molar refractivity (Wildman–Crippen MR) is 104 cm³/mol. The fourth-order valence-corrected chi connectivity index (χ4v) is 8.99. The molecule has 0 nitrogen and oxygen atoms in total. The lowest BCUT2D eigenvalue weighted by atomic mass is 9.50. The van der Waals surface area contributed by atoms with Gasteiger partial charge in [-0.15, -0.1) is 0 Å². The van der Waals surface area contributed by atoms with E-state index in [-0.39, 0.29) is 0 Å². The first-order chi connectivity index (χ1) is 11.1. The molecule has 4 aliphatic carbocycles. The third kappa shape index (κ3) is 2.04. The van der Waals surface area contributed by atoms with Crippen molar-refractivity contribution in [2.45, 2.75) is 93.4 Å². The van der Waals surface area contributed by atoms with Crippen LogP contribution in [0.5, 0.6) is 0 Å². The first-order valence-corrected chi connectivity index (χ1v) is 11.1. The van der Waals surface area contributed by atoms with Gasteiger partial charge in [0.2, 0.25) is 0 Å². The van der Waals surface area contributed by atoms with Crippen LogP contribution in [-0.2, 0) is 0 Å². The third-order valence-electron chi connectivity index (χ3n) is 10.9. The average Bonchev–Trinajstić information content (AvgIpc) is 2.75. The Morgan fingerprint density at radius 2 is 1.50 bits per heavy atom. The van der Waals surface area contributed by atoms with E-state index in [0.717, 1.165) is 41.4 Å². The molecule has 138 valence electrons. The van der Waals surface area contributed by atoms with Crippen molar-refractivity contribution in [2.24, 2.45) is 57.7 Å². The van der Waals surface area contributed by atoms with Crippen LogP contribution in [0.3, 0.4) is 0 Å². The van der Waals surface area contributed by atoms with Crippen LogP contribution in [0.2, 0.25) is 0 Å².